The highest BCUT2D eigenvalue weighted by Crippen LogP contribution is 2.43. The van der Waals surface area contributed by atoms with Crippen LogP contribution in [0.3, 0.4) is 0 Å². The van der Waals surface area contributed by atoms with Gasteiger partial charge in [0.1, 0.15) is 11.4 Å². The van der Waals surface area contributed by atoms with Crippen molar-refractivity contribution in [1.29, 1.82) is 0 Å². The molecular formula is C12H14FNO2. The van der Waals surface area contributed by atoms with Crippen molar-refractivity contribution in [3.05, 3.63) is 35.6 Å². The largest absolute Gasteiger partial charge is 0.376 e. The van der Waals surface area contributed by atoms with Crippen LogP contribution < -0.4 is 5.48 Å². The lowest BCUT2D eigenvalue weighted by Gasteiger charge is -2.27. The van der Waals surface area contributed by atoms with E-state index in [1.807, 2.05) is 13.0 Å². The second-order valence-electron chi connectivity index (χ2n) is 4.49. The first kappa shape index (κ1) is 10.2. The summed E-state index contributed by atoms with van der Waals surface area (Å²) < 4.78 is 19.5. The third-order valence-electron chi connectivity index (χ3n) is 3.65. The van der Waals surface area contributed by atoms with E-state index >= 15 is 0 Å². The van der Waals surface area contributed by atoms with E-state index in [-0.39, 0.29) is 17.8 Å². The van der Waals surface area contributed by atoms with Crippen LogP contribution in [0.25, 0.3) is 0 Å². The minimum atomic E-state index is -0.509. The average Bonchev–Trinajstić information content (AvgIpc) is 2.82. The maximum Gasteiger partial charge on any atom is 0.128 e. The molecule has 2 heterocycles. The number of benzene rings is 1. The molecule has 0 aliphatic carbocycles. The summed E-state index contributed by atoms with van der Waals surface area (Å²) >= 11 is 0. The fourth-order valence-corrected chi connectivity index (χ4v) is 2.69. The Morgan fingerprint density at radius 2 is 2.25 bits per heavy atom. The van der Waals surface area contributed by atoms with Gasteiger partial charge in [0.05, 0.1) is 19.3 Å². The molecule has 0 bridgehead atoms. The average molecular weight is 223 g/mol. The molecule has 1 aromatic carbocycles. The van der Waals surface area contributed by atoms with Crippen molar-refractivity contribution < 1.29 is 14.0 Å². The Morgan fingerprint density at radius 1 is 1.44 bits per heavy atom. The van der Waals surface area contributed by atoms with E-state index in [1.165, 1.54) is 6.07 Å². The highest BCUT2D eigenvalue weighted by atomic mass is 19.1. The van der Waals surface area contributed by atoms with Crippen LogP contribution >= 0.6 is 0 Å². The van der Waals surface area contributed by atoms with Gasteiger partial charge in [0.2, 0.25) is 0 Å². The first-order chi connectivity index (χ1) is 7.74. The molecule has 3 rings (SSSR count). The third kappa shape index (κ3) is 1.24. The normalized spacial score (nSPS) is 37.6. The van der Waals surface area contributed by atoms with Gasteiger partial charge in [0.15, 0.2) is 0 Å². The molecule has 2 saturated heterocycles. The lowest BCUT2D eigenvalue weighted by molar-refractivity contribution is 0.00705. The summed E-state index contributed by atoms with van der Waals surface area (Å²) in [6.07, 6.45) is 0.0922. The van der Waals surface area contributed by atoms with Gasteiger partial charge in [0.25, 0.3) is 0 Å². The van der Waals surface area contributed by atoms with E-state index in [9.17, 15) is 4.39 Å². The number of rotatable bonds is 1. The number of halogens is 1. The van der Waals surface area contributed by atoms with Crippen molar-refractivity contribution in [3.8, 4) is 0 Å². The van der Waals surface area contributed by atoms with E-state index in [2.05, 4.69) is 5.48 Å². The van der Waals surface area contributed by atoms with Crippen molar-refractivity contribution in [2.75, 3.05) is 13.2 Å². The predicted octanol–water partition coefficient (Wildman–Crippen LogP) is 1.59. The molecule has 16 heavy (non-hydrogen) atoms. The number of ether oxygens (including phenoxy) is 1. The minimum Gasteiger partial charge on any atom is -0.376 e. The summed E-state index contributed by atoms with van der Waals surface area (Å²) in [5.41, 5.74) is 3.09. The standard InChI is InChI=1S/C12H14FNO2/c1-8-10-6-16-14-12(10,7-15-8)9-4-2-3-5-11(9)13/h2-5,8,10,14H,6-7H2,1H3/t8-,10-,12-/m1/s1. The molecule has 0 amide bonds. The van der Waals surface area contributed by atoms with E-state index in [0.717, 1.165) is 0 Å². The topological polar surface area (TPSA) is 30.5 Å². The second-order valence-corrected chi connectivity index (χ2v) is 4.49. The fraction of sp³-hybridized carbons (Fsp3) is 0.500. The first-order valence-corrected chi connectivity index (χ1v) is 5.49. The van der Waals surface area contributed by atoms with Gasteiger partial charge >= 0.3 is 0 Å². The van der Waals surface area contributed by atoms with E-state index < -0.39 is 5.54 Å². The zero-order chi connectivity index (χ0) is 11.2. The smallest absolute Gasteiger partial charge is 0.128 e. The van der Waals surface area contributed by atoms with Crippen molar-refractivity contribution in [2.24, 2.45) is 5.92 Å². The van der Waals surface area contributed by atoms with Crippen LogP contribution in [-0.4, -0.2) is 19.3 Å². The monoisotopic (exact) mass is 223 g/mol. The molecule has 2 aliphatic heterocycles. The van der Waals surface area contributed by atoms with Crippen LogP contribution in [0.1, 0.15) is 12.5 Å². The maximum atomic E-state index is 13.9. The molecule has 2 aliphatic rings. The molecule has 1 N–H and O–H groups in total. The van der Waals surface area contributed by atoms with Gasteiger partial charge in [-0.3, -0.25) is 0 Å². The van der Waals surface area contributed by atoms with Crippen LogP contribution in [0.15, 0.2) is 24.3 Å². The fourth-order valence-electron chi connectivity index (χ4n) is 2.69. The van der Waals surface area contributed by atoms with Gasteiger partial charge in [-0.15, -0.1) is 0 Å². The Kier molecular flexibility index (Phi) is 2.24. The SMILES string of the molecule is C[C@H]1OC[C@]2(c3ccccc3F)NOC[C@H]12. The lowest BCUT2D eigenvalue weighted by Crippen LogP contribution is -2.43. The third-order valence-corrected chi connectivity index (χ3v) is 3.65. The molecule has 3 atom stereocenters. The van der Waals surface area contributed by atoms with Crippen LogP contribution in [-0.2, 0) is 15.1 Å². The number of fused-ring (bicyclic) bond motifs is 1. The Bertz CT molecular complexity index is 412. The number of hydrogen-bond donors (Lipinski definition) is 1. The van der Waals surface area contributed by atoms with Gasteiger partial charge in [0, 0.05) is 11.5 Å². The zero-order valence-electron chi connectivity index (χ0n) is 9.07. The summed E-state index contributed by atoms with van der Waals surface area (Å²) in [4.78, 5) is 5.30. The molecular weight excluding hydrogens is 209 g/mol. The summed E-state index contributed by atoms with van der Waals surface area (Å²) in [5, 5.41) is 0. The summed E-state index contributed by atoms with van der Waals surface area (Å²) in [6, 6.07) is 6.81. The van der Waals surface area contributed by atoms with E-state index in [0.29, 0.717) is 18.8 Å². The Labute approximate surface area is 93.5 Å². The van der Waals surface area contributed by atoms with Gasteiger partial charge < -0.3 is 9.57 Å². The lowest BCUT2D eigenvalue weighted by atomic mass is 9.80. The highest BCUT2D eigenvalue weighted by Gasteiger charge is 2.54. The Hall–Kier alpha value is -0.970. The summed E-state index contributed by atoms with van der Waals surface area (Å²) in [7, 11) is 0. The van der Waals surface area contributed by atoms with Crippen molar-refractivity contribution in [2.45, 2.75) is 18.6 Å². The van der Waals surface area contributed by atoms with Crippen LogP contribution in [0.2, 0.25) is 0 Å². The Balaban J connectivity index is 2.08. The summed E-state index contributed by atoms with van der Waals surface area (Å²) in [6.45, 7) is 3.03. The van der Waals surface area contributed by atoms with Gasteiger partial charge in [-0.2, -0.15) is 5.48 Å². The van der Waals surface area contributed by atoms with Crippen LogP contribution in [0, 0.1) is 11.7 Å². The van der Waals surface area contributed by atoms with E-state index in [1.54, 1.807) is 12.1 Å². The zero-order valence-corrected chi connectivity index (χ0v) is 9.07. The van der Waals surface area contributed by atoms with E-state index in [4.69, 9.17) is 9.57 Å². The molecule has 2 fully saturated rings. The number of nitrogens with one attached hydrogen (secondary N) is 1. The minimum absolute atomic E-state index is 0.0922. The molecule has 0 unspecified atom stereocenters. The van der Waals surface area contributed by atoms with Crippen molar-refractivity contribution in [1.82, 2.24) is 5.48 Å². The highest BCUT2D eigenvalue weighted by molar-refractivity contribution is 5.30. The van der Waals surface area contributed by atoms with Crippen LogP contribution in [0.5, 0.6) is 0 Å². The number of hydroxylamine groups is 1. The molecule has 0 radical (unpaired) electrons. The molecule has 0 saturated carbocycles. The molecule has 0 spiro atoms. The molecule has 4 heteroatoms. The summed E-state index contributed by atoms with van der Waals surface area (Å²) in [5.74, 6) is -0.0346. The number of hydrogen-bond acceptors (Lipinski definition) is 3. The van der Waals surface area contributed by atoms with Gasteiger partial charge in [-0.05, 0) is 13.0 Å². The van der Waals surface area contributed by atoms with Gasteiger partial charge in [-0.1, -0.05) is 18.2 Å². The quantitative estimate of drug-likeness (QED) is 0.784. The molecule has 0 aromatic heterocycles. The Morgan fingerprint density at radius 3 is 3.06 bits per heavy atom. The van der Waals surface area contributed by atoms with Crippen LogP contribution in [0.4, 0.5) is 4.39 Å². The molecule has 86 valence electrons. The first-order valence-electron chi connectivity index (χ1n) is 5.49. The predicted molar refractivity (Wildman–Crippen MR) is 56.1 cm³/mol. The maximum absolute atomic E-state index is 13.9. The second kappa shape index (κ2) is 3.52. The molecule has 3 nitrogen and oxygen atoms in total. The van der Waals surface area contributed by atoms with Crippen molar-refractivity contribution >= 4 is 0 Å². The molecule has 1 aromatic rings. The van der Waals surface area contributed by atoms with Crippen molar-refractivity contribution in [3.63, 3.8) is 0 Å². The van der Waals surface area contributed by atoms with Gasteiger partial charge in [-0.25, -0.2) is 4.39 Å².